The predicted octanol–water partition coefficient (Wildman–Crippen LogP) is 1.18. The van der Waals surface area contributed by atoms with Gasteiger partial charge in [0.15, 0.2) is 11.5 Å². The zero-order valence-corrected chi connectivity index (χ0v) is 6.10. The number of hydrogen-bond donors (Lipinski definition) is 1. The topological polar surface area (TPSA) is 56.0 Å². The predicted molar refractivity (Wildman–Crippen MR) is 38.8 cm³/mol. The molecule has 0 bridgehead atoms. The van der Waals surface area contributed by atoms with Crippen molar-refractivity contribution in [1.82, 2.24) is 4.98 Å². The largest absolute Gasteiger partial charge is 0.384 e. The molecule has 0 spiro atoms. The van der Waals surface area contributed by atoms with Crippen LogP contribution in [0.15, 0.2) is 12.1 Å². The minimum atomic E-state index is -0.949. The molecule has 0 aliphatic carbocycles. The van der Waals surface area contributed by atoms with Gasteiger partial charge in [-0.3, -0.25) is 4.79 Å². The van der Waals surface area contributed by atoms with Gasteiger partial charge in [-0.1, -0.05) is 0 Å². The van der Waals surface area contributed by atoms with E-state index >= 15 is 0 Å². The van der Waals surface area contributed by atoms with Crippen molar-refractivity contribution in [2.75, 3.05) is 5.73 Å². The molecule has 0 aliphatic rings. The van der Waals surface area contributed by atoms with Crippen molar-refractivity contribution >= 4 is 22.7 Å². The fourth-order valence-electron chi connectivity index (χ4n) is 0.595. The number of carbonyl (C=O) groups excluding carboxylic acids is 1. The maximum atomic E-state index is 12.6. The number of anilines is 1. The molecule has 1 aromatic heterocycles. The number of aromatic nitrogens is 1. The molecule has 1 aromatic rings. The molecule has 0 fully saturated rings. The average molecular weight is 175 g/mol. The number of nitrogens with zero attached hydrogens (tertiary/aromatic N) is 1. The number of rotatable bonds is 1. The number of nitrogen functional groups attached to an aromatic ring is 1. The van der Waals surface area contributed by atoms with E-state index in [1.54, 1.807) is 0 Å². The molecule has 58 valence electrons. The summed E-state index contributed by atoms with van der Waals surface area (Å²) < 4.78 is 12.6. The number of hydrogen-bond acceptors (Lipinski definition) is 3. The van der Waals surface area contributed by atoms with Gasteiger partial charge in [-0.2, -0.15) is 0 Å². The first kappa shape index (κ1) is 7.94. The second-order valence-electron chi connectivity index (χ2n) is 1.84. The van der Waals surface area contributed by atoms with E-state index in [4.69, 9.17) is 17.3 Å². The van der Waals surface area contributed by atoms with Gasteiger partial charge in [-0.15, -0.1) is 0 Å². The van der Waals surface area contributed by atoms with Crippen molar-refractivity contribution in [1.29, 1.82) is 0 Å². The summed E-state index contributed by atoms with van der Waals surface area (Å²) in [6, 6.07) is 2.29. The number of carbonyl (C=O) groups is 1. The van der Waals surface area contributed by atoms with Crippen LogP contribution in [0.3, 0.4) is 0 Å². The average Bonchev–Trinajstić information content (AvgIpc) is 1.94. The van der Waals surface area contributed by atoms with E-state index in [0.717, 1.165) is 6.07 Å². The standard InChI is InChI=1S/C6H4ClFN2O/c7-6(11)5-3(8)1-2-4(9)10-5/h1-2H,(H2,9,10). The lowest BCUT2D eigenvalue weighted by molar-refractivity contribution is 0.107. The molecule has 0 unspecified atom stereocenters. The van der Waals surface area contributed by atoms with Crippen molar-refractivity contribution in [3.63, 3.8) is 0 Å². The van der Waals surface area contributed by atoms with Gasteiger partial charge in [0, 0.05) is 0 Å². The summed E-state index contributed by atoms with van der Waals surface area (Å²) in [4.78, 5) is 13.8. The van der Waals surface area contributed by atoms with Crippen LogP contribution in [0, 0.1) is 5.82 Å². The van der Waals surface area contributed by atoms with Crippen molar-refractivity contribution in [2.24, 2.45) is 0 Å². The van der Waals surface area contributed by atoms with Gasteiger partial charge in [-0.05, 0) is 23.7 Å². The summed E-state index contributed by atoms with van der Waals surface area (Å²) >= 11 is 4.98. The first-order valence-electron chi connectivity index (χ1n) is 2.73. The zero-order valence-electron chi connectivity index (χ0n) is 5.34. The van der Waals surface area contributed by atoms with Gasteiger partial charge < -0.3 is 5.73 Å². The van der Waals surface area contributed by atoms with Crippen LogP contribution >= 0.6 is 11.6 Å². The third-order valence-corrected chi connectivity index (χ3v) is 1.23. The summed E-state index contributed by atoms with van der Waals surface area (Å²) in [6.45, 7) is 0. The monoisotopic (exact) mass is 174 g/mol. The van der Waals surface area contributed by atoms with E-state index in [-0.39, 0.29) is 5.82 Å². The highest BCUT2D eigenvalue weighted by Crippen LogP contribution is 2.09. The third-order valence-electron chi connectivity index (χ3n) is 1.05. The third kappa shape index (κ3) is 1.65. The van der Waals surface area contributed by atoms with Crippen molar-refractivity contribution in [3.8, 4) is 0 Å². The van der Waals surface area contributed by atoms with E-state index in [0.29, 0.717) is 0 Å². The Hall–Kier alpha value is -1.16. The molecule has 0 amide bonds. The van der Waals surface area contributed by atoms with Gasteiger partial charge in [0.1, 0.15) is 5.82 Å². The molecule has 0 aromatic carbocycles. The number of nitrogens with two attached hydrogens (primary N) is 1. The smallest absolute Gasteiger partial charge is 0.273 e. The van der Waals surface area contributed by atoms with Crippen LogP contribution < -0.4 is 5.73 Å². The highest BCUT2D eigenvalue weighted by molar-refractivity contribution is 6.67. The molecule has 5 heteroatoms. The molecular weight excluding hydrogens is 171 g/mol. The number of pyridine rings is 1. The molecule has 0 atom stereocenters. The second-order valence-corrected chi connectivity index (χ2v) is 2.18. The van der Waals surface area contributed by atoms with Crippen LogP contribution in [0.25, 0.3) is 0 Å². The lowest BCUT2D eigenvalue weighted by Gasteiger charge is -1.96. The van der Waals surface area contributed by atoms with Crippen LogP contribution in [0.2, 0.25) is 0 Å². The fourth-order valence-corrected chi connectivity index (χ4v) is 0.728. The van der Waals surface area contributed by atoms with Crippen molar-refractivity contribution in [3.05, 3.63) is 23.6 Å². The summed E-state index contributed by atoms with van der Waals surface area (Å²) in [7, 11) is 0. The molecule has 0 saturated heterocycles. The fraction of sp³-hybridized carbons (Fsp3) is 0. The maximum Gasteiger partial charge on any atom is 0.273 e. The molecular formula is C6H4ClFN2O. The first-order valence-corrected chi connectivity index (χ1v) is 3.11. The Kier molecular flexibility index (Phi) is 2.05. The number of halogens is 2. The van der Waals surface area contributed by atoms with E-state index in [1.165, 1.54) is 6.07 Å². The minimum absolute atomic E-state index is 0.0652. The molecule has 0 saturated carbocycles. The minimum Gasteiger partial charge on any atom is -0.384 e. The Morgan fingerprint density at radius 1 is 1.64 bits per heavy atom. The molecule has 0 radical (unpaired) electrons. The summed E-state index contributed by atoms with van der Waals surface area (Å²) in [6.07, 6.45) is 0. The van der Waals surface area contributed by atoms with E-state index in [1.807, 2.05) is 0 Å². The lowest BCUT2D eigenvalue weighted by atomic mass is 10.3. The maximum absolute atomic E-state index is 12.6. The lowest BCUT2D eigenvalue weighted by Crippen LogP contribution is -2.01. The molecule has 11 heavy (non-hydrogen) atoms. The van der Waals surface area contributed by atoms with E-state index in [9.17, 15) is 9.18 Å². The van der Waals surface area contributed by atoms with Crippen molar-refractivity contribution < 1.29 is 9.18 Å². The van der Waals surface area contributed by atoms with Gasteiger partial charge in [0.05, 0.1) is 0 Å². The molecule has 2 N–H and O–H groups in total. The van der Waals surface area contributed by atoms with Crippen LogP contribution in [0.4, 0.5) is 10.2 Å². The summed E-state index contributed by atoms with van der Waals surface area (Å²) in [5, 5.41) is -0.949. The Balaban J connectivity index is 3.23. The van der Waals surface area contributed by atoms with Crippen LogP contribution in [0.1, 0.15) is 10.5 Å². The molecule has 1 heterocycles. The van der Waals surface area contributed by atoms with E-state index in [2.05, 4.69) is 4.98 Å². The Bertz CT molecular complexity index is 303. The zero-order chi connectivity index (χ0) is 8.43. The Morgan fingerprint density at radius 3 is 2.73 bits per heavy atom. The Morgan fingerprint density at radius 2 is 2.27 bits per heavy atom. The van der Waals surface area contributed by atoms with Gasteiger partial charge >= 0.3 is 0 Å². The molecule has 3 nitrogen and oxygen atoms in total. The van der Waals surface area contributed by atoms with Crippen LogP contribution in [-0.2, 0) is 0 Å². The van der Waals surface area contributed by atoms with Gasteiger partial charge in [0.2, 0.25) is 0 Å². The van der Waals surface area contributed by atoms with Gasteiger partial charge in [0.25, 0.3) is 5.24 Å². The highest BCUT2D eigenvalue weighted by atomic mass is 35.5. The van der Waals surface area contributed by atoms with Crippen LogP contribution in [-0.4, -0.2) is 10.2 Å². The molecule has 1 rings (SSSR count). The normalized spacial score (nSPS) is 9.64. The quantitative estimate of drug-likeness (QED) is 0.651. The first-order chi connectivity index (χ1) is 5.11. The van der Waals surface area contributed by atoms with E-state index < -0.39 is 16.8 Å². The highest BCUT2D eigenvalue weighted by Gasteiger charge is 2.10. The Labute approximate surface area is 67.0 Å². The SMILES string of the molecule is Nc1ccc(F)c(C(=O)Cl)n1. The summed E-state index contributed by atoms with van der Waals surface area (Å²) in [5.41, 5.74) is 4.74. The second kappa shape index (κ2) is 2.84. The van der Waals surface area contributed by atoms with Crippen molar-refractivity contribution in [2.45, 2.75) is 0 Å². The molecule has 0 aliphatic heterocycles. The summed E-state index contributed by atoms with van der Waals surface area (Å²) in [5.74, 6) is -0.699. The van der Waals surface area contributed by atoms with Gasteiger partial charge in [-0.25, -0.2) is 9.37 Å². The van der Waals surface area contributed by atoms with Crippen LogP contribution in [0.5, 0.6) is 0 Å².